The highest BCUT2D eigenvalue weighted by Gasteiger charge is 2.19. The van der Waals surface area contributed by atoms with E-state index >= 15 is 0 Å². The van der Waals surface area contributed by atoms with E-state index in [4.69, 9.17) is 14.0 Å². The van der Waals surface area contributed by atoms with E-state index in [0.29, 0.717) is 28.6 Å². The van der Waals surface area contributed by atoms with Crippen LogP contribution in [0.25, 0.3) is 16.6 Å². The third kappa shape index (κ3) is 4.35. The topological polar surface area (TPSA) is 83.6 Å². The third-order valence-corrected chi connectivity index (χ3v) is 5.02. The summed E-state index contributed by atoms with van der Waals surface area (Å²) >= 11 is 0. The van der Waals surface area contributed by atoms with Crippen LogP contribution in [-0.4, -0.2) is 34.7 Å². The maximum absolute atomic E-state index is 12.6. The molecule has 0 aliphatic rings. The third-order valence-electron chi connectivity index (χ3n) is 5.02. The Morgan fingerprint density at radius 3 is 2.48 bits per heavy atom. The van der Waals surface area contributed by atoms with E-state index in [1.54, 1.807) is 25.1 Å². The first-order chi connectivity index (χ1) is 14.9. The fourth-order valence-electron chi connectivity index (χ4n) is 3.52. The quantitative estimate of drug-likeness (QED) is 0.328. The monoisotopic (exact) mass is 418 g/mol. The molecule has 0 saturated heterocycles. The van der Waals surface area contributed by atoms with Crippen molar-refractivity contribution in [3.8, 4) is 11.6 Å². The molecule has 0 radical (unpaired) electrons. The predicted molar refractivity (Wildman–Crippen MR) is 115 cm³/mol. The number of aromatic nitrogens is 2. The van der Waals surface area contributed by atoms with Gasteiger partial charge in [-0.3, -0.25) is 9.36 Å². The SMILES string of the molecule is Cc1cc(-n2c(C)cc(C(=O)COC(=O)COc3ccc4ccccc4c3)c2C)no1. The molecule has 0 bridgehead atoms. The number of hydrogen-bond donors (Lipinski definition) is 0. The number of hydrogen-bond acceptors (Lipinski definition) is 6. The first-order valence-corrected chi connectivity index (χ1v) is 9.85. The second kappa shape index (κ2) is 8.47. The molecular formula is C24H22N2O5. The van der Waals surface area contributed by atoms with Gasteiger partial charge in [-0.05, 0) is 49.7 Å². The van der Waals surface area contributed by atoms with E-state index in [1.807, 2.05) is 54.8 Å². The van der Waals surface area contributed by atoms with Crippen LogP contribution in [0.5, 0.6) is 5.75 Å². The van der Waals surface area contributed by atoms with Crippen molar-refractivity contribution in [1.29, 1.82) is 0 Å². The van der Waals surface area contributed by atoms with Gasteiger partial charge in [-0.1, -0.05) is 35.5 Å². The van der Waals surface area contributed by atoms with Crippen molar-refractivity contribution in [2.24, 2.45) is 0 Å². The number of carbonyl (C=O) groups is 2. The maximum atomic E-state index is 12.6. The van der Waals surface area contributed by atoms with Crippen LogP contribution in [0.15, 0.2) is 59.1 Å². The van der Waals surface area contributed by atoms with Gasteiger partial charge in [-0.2, -0.15) is 0 Å². The summed E-state index contributed by atoms with van der Waals surface area (Å²) in [6.07, 6.45) is 0. The van der Waals surface area contributed by atoms with Crippen molar-refractivity contribution in [1.82, 2.24) is 9.72 Å². The zero-order valence-electron chi connectivity index (χ0n) is 17.5. The number of fused-ring (bicyclic) bond motifs is 1. The Morgan fingerprint density at radius 1 is 0.968 bits per heavy atom. The molecule has 2 heterocycles. The van der Waals surface area contributed by atoms with Gasteiger partial charge in [-0.15, -0.1) is 0 Å². The number of benzene rings is 2. The van der Waals surface area contributed by atoms with Crippen molar-refractivity contribution in [3.63, 3.8) is 0 Å². The van der Waals surface area contributed by atoms with E-state index in [1.165, 1.54) is 0 Å². The van der Waals surface area contributed by atoms with Gasteiger partial charge in [-0.25, -0.2) is 4.79 Å². The molecule has 4 aromatic rings. The molecule has 2 aromatic carbocycles. The number of Topliss-reactive ketones (excluding diaryl/α,β-unsaturated/α-hetero) is 1. The summed E-state index contributed by atoms with van der Waals surface area (Å²) in [5.41, 5.74) is 2.01. The number of ketones is 1. The summed E-state index contributed by atoms with van der Waals surface area (Å²) in [4.78, 5) is 24.7. The molecule has 7 nitrogen and oxygen atoms in total. The smallest absolute Gasteiger partial charge is 0.344 e. The second-order valence-electron chi connectivity index (χ2n) is 7.30. The fraction of sp³-hybridized carbons (Fsp3) is 0.208. The Morgan fingerprint density at radius 2 is 1.74 bits per heavy atom. The maximum Gasteiger partial charge on any atom is 0.344 e. The molecule has 0 N–H and O–H groups in total. The van der Waals surface area contributed by atoms with Crippen LogP contribution in [0.1, 0.15) is 27.5 Å². The Kier molecular flexibility index (Phi) is 5.58. The van der Waals surface area contributed by atoms with Crippen LogP contribution < -0.4 is 4.74 Å². The molecule has 0 amide bonds. The molecule has 0 unspecified atom stereocenters. The highest BCUT2D eigenvalue weighted by molar-refractivity contribution is 5.99. The second-order valence-corrected chi connectivity index (χ2v) is 7.30. The first-order valence-electron chi connectivity index (χ1n) is 9.85. The molecule has 4 rings (SSSR count). The lowest BCUT2D eigenvalue weighted by Crippen LogP contribution is -2.19. The lowest BCUT2D eigenvalue weighted by molar-refractivity contribution is -0.144. The summed E-state index contributed by atoms with van der Waals surface area (Å²) in [5.74, 6) is 0.942. The number of rotatable bonds is 7. The average molecular weight is 418 g/mol. The fourth-order valence-corrected chi connectivity index (χ4v) is 3.52. The van der Waals surface area contributed by atoms with E-state index in [2.05, 4.69) is 5.16 Å². The molecule has 0 spiro atoms. The van der Waals surface area contributed by atoms with Crippen molar-refractivity contribution >= 4 is 22.5 Å². The number of esters is 1. The lowest BCUT2D eigenvalue weighted by Gasteiger charge is -2.08. The Bertz CT molecular complexity index is 1270. The van der Waals surface area contributed by atoms with Crippen molar-refractivity contribution in [2.45, 2.75) is 20.8 Å². The number of ether oxygens (including phenoxy) is 2. The Balaban J connectivity index is 1.35. The minimum absolute atomic E-state index is 0.275. The Labute approximate surface area is 179 Å². The normalized spacial score (nSPS) is 10.9. The van der Waals surface area contributed by atoms with E-state index in [0.717, 1.165) is 16.5 Å². The summed E-state index contributed by atoms with van der Waals surface area (Å²) in [7, 11) is 0. The summed E-state index contributed by atoms with van der Waals surface area (Å²) in [6.45, 7) is 4.85. The minimum atomic E-state index is -0.609. The van der Waals surface area contributed by atoms with Gasteiger partial charge >= 0.3 is 5.97 Å². The molecule has 0 saturated carbocycles. The van der Waals surface area contributed by atoms with Gasteiger partial charge < -0.3 is 14.0 Å². The van der Waals surface area contributed by atoms with E-state index in [-0.39, 0.29) is 19.0 Å². The molecule has 0 aliphatic carbocycles. The highest BCUT2D eigenvalue weighted by Crippen LogP contribution is 2.22. The van der Waals surface area contributed by atoms with Crippen LogP contribution in [0.2, 0.25) is 0 Å². The molecule has 7 heteroatoms. The summed E-state index contributed by atoms with van der Waals surface area (Å²) < 4.78 is 17.6. The largest absolute Gasteiger partial charge is 0.482 e. The van der Waals surface area contributed by atoms with Crippen LogP contribution >= 0.6 is 0 Å². The predicted octanol–water partition coefficient (Wildman–Crippen LogP) is 4.35. The number of nitrogens with zero attached hydrogens (tertiary/aromatic N) is 2. The zero-order chi connectivity index (χ0) is 22.0. The molecule has 31 heavy (non-hydrogen) atoms. The van der Waals surface area contributed by atoms with Gasteiger partial charge in [0.2, 0.25) is 5.78 Å². The zero-order valence-corrected chi connectivity index (χ0v) is 17.5. The molecule has 158 valence electrons. The van der Waals surface area contributed by atoms with Crippen LogP contribution in [0.3, 0.4) is 0 Å². The lowest BCUT2D eigenvalue weighted by atomic mass is 10.1. The van der Waals surface area contributed by atoms with Crippen molar-refractivity contribution in [2.75, 3.05) is 13.2 Å². The summed E-state index contributed by atoms with van der Waals surface area (Å²) in [5, 5.41) is 6.10. The molecule has 0 fully saturated rings. The van der Waals surface area contributed by atoms with Crippen LogP contribution in [0.4, 0.5) is 0 Å². The van der Waals surface area contributed by atoms with E-state index < -0.39 is 5.97 Å². The van der Waals surface area contributed by atoms with Gasteiger partial charge in [0.15, 0.2) is 19.0 Å². The van der Waals surface area contributed by atoms with Gasteiger partial charge in [0.05, 0.1) is 0 Å². The van der Waals surface area contributed by atoms with Crippen molar-refractivity contribution < 1.29 is 23.6 Å². The molecule has 0 aliphatic heterocycles. The summed E-state index contributed by atoms with van der Waals surface area (Å²) in [6, 6.07) is 17.0. The minimum Gasteiger partial charge on any atom is -0.482 e. The molecule has 2 aromatic heterocycles. The van der Waals surface area contributed by atoms with E-state index in [9.17, 15) is 9.59 Å². The Hall–Kier alpha value is -3.87. The average Bonchev–Trinajstić information content (AvgIpc) is 3.32. The number of aryl methyl sites for hydroxylation is 2. The standard InChI is InChI=1S/C24H22N2O5/c1-15-10-21(17(3)26(15)23-11-16(2)31-25-23)22(27)13-30-24(28)14-29-20-9-8-18-6-4-5-7-19(18)12-20/h4-12H,13-14H2,1-3H3. The van der Waals surface area contributed by atoms with Crippen LogP contribution in [0, 0.1) is 20.8 Å². The van der Waals surface area contributed by atoms with Gasteiger partial charge in [0.25, 0.3) is 0 Å². The molecular weight excluding hydrogens is 396 g/mol. The van der Waals surface area contributed by atoms with Crippen molar-refractivity contribution in [3.05, 3.63) is 77.3 Å². The number of carbonyl (C=O) groups excluding carboxylic acids is 2. The highest BCUT2D eigenvalue weighted by atomic mass is 16.6. The van der Waals surface area contributed by atoms with Crippen LogP contribution in [-0.2, 0) is 9.53 Å². The van der Waals surface area contributed by atoms with Gasteiger partial charge in [0.1, 0.15) is 11.5 Å². The van der Waals surface area contributed by atoms with Gasteiger partial charge in [0, 0.05) is 23.0 Å². The molecule has 0 atom stereocenters. The first kappa shape index (κ1) is 20.4.